The van der Waals surface area contributed by atoms with Gasteiger partial charge in [0, 0.05) is 6.61 Å². The first-order valence-corrected chi connectivity index (χ1v) is 5.68. The molecule has 0 fully saturated rings. The summed E-state index contributed by atoms with van der Waals surface area (Å²) in [6, 6.07) is 0. The van der Waals surface area contributed by atoms with Crippen molar-refractivity contribution in [2.45, 2.75) is 46.0 Å². The molecule has 0 saturated carbocycles. The Morgan fingerprint density at radius 2 is 1.87 bits per heavy atom. The standard InChI is InChI=1S/C12H23O2.Li/c1-3-5-6-7-8-9-10-14-12-11-13-4-2;/h9H,3-8,11-12H2,1-2H3;/q-1;+1. The van der Waals surface area contributed by atoms with Crippen molar-refractivity contribution in [2.75, 3.05) is 19.8 Å². The Hall–Kier alpha value is 0.0974. The Morgan fingerprint density at radius 1 is 1.07 bits per heavy atom. The van der Waals surface area contributed by atoms with Crippen LogP contribution in [0.1, 0.15) is 46.0 Å². The Balaban J connectivity index is 0. The Kier molecular flexibility index (Phi) is 19.3. The van der Waals surface area contributed by atoms with Gasteiger partial charge in [-0.2, -0.15) is 0 Å². The largest absolute Gasteiger partial charge is 1.00 e. The molecule has 0 aliphatic heterocycles. The van der Waals surface area contributed by atoms with Crippen LogP contribution in [-0.2, 0) is 9.47 Å². The molecule has 0 rings (SSSR count). The van der Waals surface area contributed by atoms with Gasteiger partial charge in [-0.05, 0) is 6.92 Å². The second-order valence-electron chi connectivity index (χ2n) is 3.22. The van der Waals surface area contributed by atoms with Crippen LogP contribution < -0.4 is 18.9 Å². The number of rotatable bonds is 10. The molecule has 0 unspecified atom stereocenters. The molecule has 0 aromatic heterocycles. The molecule has 0 aliphatic carbocycles. The molecule has 0 saturated heterocycles. The van der Waals surface area contributed by atoms with Crippen LogP contribution in [0.25, 0.3) is 0 Å². The molecule has 0 spiro atoms. The van der Waals surface area contributed by atoms with E-state index < -0.39 is 0 Å². The van der Waals surface area contributed by atoms with Crippen molar-refractivity contribution in [1.29, 1.82) is 0 Å². The van der Waals surface area contributed by atoms with E-state index in [1.165, 1.54) is 25.7 Å². The number of allylic oxidation sites excluding steroid dienone is 1. The maximum absolute atomic E-state index is 5.11. The molecular formula is C12H23LiO2. The molecule has 84 valence electrons. The number of unbranched alkanes of at least 4 members (excludes halogenated alkanes) is 4. The second kappa shape index (κ2) is 16.5. The van der Waals surface area contributed by atoms with Gasteiger partial charge in [0.15, 0.2) is 0 Å². The normalized spacial score (nSPS) is 10.3. The van der Waals surface area contributed by atoms with Gasteiger partial charge in [-0.15, -0.1) is 0 Å². The van der Waals surface area contributed by atoms with E-state index in [1.807, 2.05) is 13.0 Å². The minimum Gasteiger partial charge on any atom is -0.692 e. The summed E-state index contributed by atoms with van der Waals surface area (Å²) in [5.41, 5.74) is 0. The number of ether oxygens (including phenoxy) is 2. The van der Waals surface area contributed by atoms with E-state index in [0.717, 1.165) is 13.0 Å². The Labute approximate surface area is 107 Å². The molecule has 0 aromatic rings. The molecular weight excluding hydrogens is 183 g/mol. The van der Waals surface area contributed by atoms with Gasteiger partial charge in [-0.25, -0.2) is 6.08 Å². The Bertz CT molecular complexity index is 113. The zero-order valence-electron chi connectivity index (χ0n) is 10.6. The first-order chi connectivity index (χ1) is 6.91. The maximum Gasteiger partial charge on any atom is 1.00 e. The molecule has 0 atom stereocenters. The summed E-state index contributed by atoms with van der Waals surface area (Å²) in [7, 11) is 0. The van der Waals surface area contributed by atoms with E-state index in [2.05, 4.69) is 13.2 Å². The fraction of sp³-hybridized carbons (Fsp3) is 0.833. The average Bonchev–Trinajstić information content (AvgIpc) is 2.21. The zero-order chi connectivity index (χ0) is 10.5. The van der Waals surface area contributed by atoms with Crippen molar-refractivity contribution in [3.8, 4) is 0 Å². The van der Waals surface area contributed by atoms with Crippen molar-refractivity contribution in [2.24, 2.45) is 0 Å². The Morgan fingerprint density at radius 3 is 2.53 bits per heavy atom. The zero-order valence-corrected chi connectivity index (χ0v) is 10.6. The van der Waals surface area contributed by atoms with Gasteiger partial charge < -0.3 is 15.7 Å². The number of hydrogen-bond acceptors (Lipinski definition) is 2. The predicted molar refractivity (Wildman–Crippen MR) is 59.0 cm³/mol. The van der Waals surface area contributed by atoms with Crippen molar-refractivity contribution in [1.82, 2.24) is 0 Å². The van der Waals surface area contributed by atoms with Gasteiger partial charge >= 0.3 is 18.9 Å². The van der Waals surface area contributed by atoms with Crippen LogP contribution in [-0.4, -0.2) is 19.8 Å². The van der Waals surface area contributed by atoms with Gasteiger partial charge in [-0.1, -0.05) is 39.0 Å². The van der Waals surface area contributed by atoms with Crippen LogP contribution in [0.2, 0.25) is 0 Å². The topological polar surface area (TPSA) is 18.5 Å². The fourth-order valence-corrected chi connectivity index (χ4v) is 1.09. The summed E-state index contributed by atoms with van der Waals surface area (Å²) in [6.07, 6.45) is 11.0. The van der Waals surface area contributed by atoms with Gasteiger partial charge in [0.2, 0.25) is 0 Å². The molecule has 0 bridgehead atoms. The molecule has 0 radical (unpaired) electrons. The van der Waals surface area contributed by atoms with Gasteiger partial charge in [0.05, 0.1) is 13.2 Å². The van der Waals surface area contributed by atoms with E-state index in [9.17, 15) is 0 Å². The summed E-state index contributed by atoms with van der Waals surface area (Å²) in [5.74, 6) is 0. The summed E-state index contributed by atoms with van der Waals surface area (Å²) >= 11 is 0. The quantitative estimate of drug-likeness (QED) is 0.222. The molecule has 15 heavy (non-hydrogen) atoms. The van der Waals surface area contributed by atoms with Crippen molar-refractivity contribution in [3.63, 3.8) is 0 Å². The third-order valence-corrected chi connectivity index (χ3v) is 1.90. The fourth-order valence-electron chi connectivity index (χ4n) is 1.09. The predicted octanol–water partition coefficient (Wildman–Crippen LogP) is 0.331. The third kappa shape index (κ3) is 16.8. The molecule has 0 aliphatic rings. The molecule has 0 N–H and O–H groups in total. The SMILES string of the molecule is CCCCCCC=[C-]OCCOCC.[Li+]. The minimum atomic E-state index is 0. The van der Waals surface area contributed by atoms with Gasteiger partial charge in [0.1, 0.15) is 0 Å². The molecule has 3 heteroatoms. The van der Waals surface area contributed by atoms with Crippen LogP contribution in [0.5, 0.6) is 0 Å². The van der Waals surface area contributed by atoms with E-state index in [-0.39, 0.29) is 18.9 Å². The van der Waals surface area contributed by atoms with Crippen molar-refractivity contribution in [3.05, 3.63) is 12.3 Å². The summed E-state index contributed by atoms with van der Waals surface area (Å²) in [5, 5.41) is 0. The molecule has 0 heterocycles. The van der Waals surface area contributed by atoms with Crippen LogP contribution in [0.3, 0.4) is 0 Å². The third-order valence-electron chi connectivity index (χ3n) is 1.90. The maximum atomic E-state index is 5.11. The first kappa shape index (κ1) is 17.5. The van der Waals surface area contributed by atoms with Crippen molar-refractivity contribution < 1.29 is 28.3 Å². The minimum absolute atomic E-state index is 0. The van der Waals surface area contributed by atoms with E-state index in [4.69, 9.17) is 9.47 Å². The van der Waals surface area contributed by atoms with Crippen LogP contribution in [0.4, 0.5) is 0 Å². The van der Waals surface area contributed by atoms with Crippen LogP contribution in [0.15, 0.2) is 6.08 Å². The van der Waals surface area contributed by atoms with E-state index in [1.54, 1.807) is 0 Å². The number of hydrogen-bond donors (Lipinski definition) is 0. The van der Waals surface area contributed by atoms with Gasteiger partial charge in [0.25, 0.3) is 0 Å². The second-order valence-corrected chi connectivity index (χ2v) is 3.22. The molecule has 0 amide bonds. The van der Waals surface area contributed by atoms with E-state index in [0.29, 0.717) is 13.2 Å². The summed E-state index contributed by atoms with van der Waals surface area (Å²) < 4.78 is 10.2. The molecule has 0 aromatic carbocycles. The summed E-state index contributed by atoms with van der Waals surface area (Å²) in [6.45, 7) is 6.22. The van der Waals surface area contributed by atoms with Gasteiger partial charge in [-0.3, -0.25) is 0 Å². The average molecular weight is 206 g/mol. The van der Waals surface area contributed by atoms with Crippen molar-refractivity contribution >= 4 is 0 Å². The first-order valence-electron chi connectivity index (χ1n) is 5.68. The smallest absolute Gasteiger partial charge is 0.692 e. The molecule has 2 nitrogen and oxygen atoms in total. The monoisotopic (exact) mass is 206 g/mol. The summed E-state index contributed by atoms with van der Waals surface area (Å²) in [4.78, 5) is 0. The van der Waals surface area contributed by atoms with E-state index >= 15 is 0 Å². The van der Waals surface area contributed by atoms with Crippen LogP contribution in [0, 0.1) is 6.26 Å². The van der Waals surface area contributed by atoms with Crippen LogP contribution >= 0.6 is 0 Å².